The van der Waals surface area contributed by atoms with Gasteiger partial charge in [0, 0.05) is 26.4 Å². The van der Waals surface area contributed by atoms with E-state index in [1.165, 1.54) is 334 Å². The summed E-state index contributed by atoms with van der Waals surface area (Å²) in [6, 6.07) is 0. The molecule has 0 radical (unpaired) electrons. The summed E-state index contributed by atoms with van der Waals surface area (Å²) in [7, 11) is 0. The van der Waals surface area contributed by atoms with E-state index in [0.29, 0.717) is 26.4 Å². The summed E-state index contributed by atoms with van der Waals surface area (Å²) in [6.07, 6.45) is 73.6. The number of hydrogen-bond acceptors (Lipinski definition) is 7. The van der Waals surface area contributed by atoms with Gasteiger partial charge in [-0.25, -0.2) is 0 Å². The molecule has 0 N–H and O–H groups in total. The van der Waals surface area contributed by atoms with Gasteiger partial charge in [0.1, 0.15) is 24.4 Å². The number of unbranched alkanes of at least 4 members (excludes halogenated alkanes) is 52. The second kappa shape index (κ2) is 64.2. The summed E-state index contributed by atoms with van der Waals surface area (Å²) in [5.41, 5.74) is 0. The van der Waals surface area contributed by atoms with Gasteiger partial charge in [-0.2, -0.15) is 4.99 Å². The van der Waals surface area contributed by atoms with Crippen molar-refractivity contribution in [2.24, 2.45) is 4.99 Å². The van der Waals surface area contributed by atoms with Crippen LogP contribution in [0.2, 0.25) is 0 Å². The van der Waals surface area contributed by atoms with Crippen molar-refractivity contribution in [1.82, 2.24) is 0 Å². The molecule has 0 bridgehead atoms. The Morgan fingerprint density at radius 1 is 0.282 bits per heavy atom. The van der Waals surface area contributed by atoms with E-state index in [1.54, 1.807) is 0 Å². The van der Waals surface area contributed by atoms with E-state index in [1.807, 2.05) is 0 Å². The van der Waals surface area contributed by atoms with Gasteiger partial charge >= 0.3 is 0 Å². The molecular formula is C71H139NO5S. The Labute approximate surface area is 494 Å². The van der Waals surface area contributed by atoms with Crippen molar-refractivity contribution in [2.75, 3.05) is 33.0 Å². The highest BCUT2D eigenvalue weighted by atomic mass is 32.1. The van der Waals surface area contributed by atoms with Crippen LogP contribution in [0, 0.1) is 0 Å². The van der Waals surface area contributed by atoms with Crippen LogP contribution in [0.5, 0.6) is 0 Å². The van der Waals surface area contributed by atoms with Crippen molar-refractivity contribution in [1.29, 1.82) is 0 Å². The smallest absolute Gasteiger partial charge is 0.187 e. The molecule has 5 atom stereocenters. The zero-order chi connectivity index (χ0) is 56.0. The minimum atomic E-state index is -0.578. The molecule has 0 aliphatic carbocycles. The average molecular weight is 1120 g/mol. The van der Waals surface area contributed by atoms with Crippen LogP contribution in [0.15, 0.2) is 4.99 Å². The van der Waals surface area contributed by atoms with Crippen molar-refractivity contribution in [3.05, 3.63) is 0 Å². The number of aliphatic imine (C=N–C) groups is 1. The van der Waals surface area contributed by atoms with Crippen molar-refractivity contribution in [2.45, 2.75) is 418 Å². The molecule has 6 nitrogen and oxygen atoms in total. The van der Waals surface area contributed by atoms with E-state index >= 15 is 0 Å². The predicted octanol–water partition coefficient (Wildman–Crippen LogP) is 23.9. The van der Waals surface area contributed by atoms with E-state index in [-0.39, 0.29) is 18.3 Å². The van der Waals surface area contributed by atoms with Gasteiger partial charge in [0.25, 0.3) is 0 Å². The highest BCUT2D eigenvalue weighted by Crippen LogP contribution is 2.31. The van der Waals surface area contributed by atoms with Crippen molar-refractivity contribution < 1.29 is 23.7 Å². The lowest BCUT2D eigenvalue weighted by atomic mass is 9.97. The SMILES string of the molecule is CCCCCCCCCCCCCCCCOC[C@H]1OC(N=C=S)[C@H](OCCCCCCCCCCCCCCCC)[C@@H](OCCCCCCCCCCCCCCCC)[C@@H]1OCCCCCCCCCCCCCCCC. The van der Waals surface area contributed by atoms with Gasteiger partial charge in [-0.1, -0.05) is 362 Å². The van der Waals surface area contributed by atoms with Gasteiger partial charge < -0.3 is 23.7 Å². The molecule has 0 saturated carbocycles. The standard InChI is InChI=1S/C71H139NO5S/c1-5-9-13-17-21-25-29-33-37-41-45-49-53-57-61-73-65-67-68(74-62-58-54-50-46-42-38-34-30-26-22-18-14-10-6-2)69(75-63-59-55-51-47-43-39-35-31-27-23-19-15-11-7-3)70(71(77-67)72-66-78)76-64-60-56-52-48-44-40-36-32-28-24-20-16-12-8-4/h67-71H,5-65H2,1-4H3/t67-,68-,69+,70-,71?/m1/s1. The van der Waals surface area contributed by atoms with Crippen LogP contribution < -0.4 is 0 Å². The molecule has 464 valence electrons. The molecular weight excluding hydrogens is 979 g/mol. The maximum Gasteiger partial charge on any atom is 0.187 e. The van der Waals surface area contributed by atoms with Crippen LogP contribution in [-0.4, -0.2) is 68.8 Å². The van der Waals surface area contributed by atoms with E-state index < -0.39 is 12.3 Å². The first-order valence-electron chi connectivity index (χ1n) is 35.9. The fourth-order valence-electron chi connectivity index (χ4n) is 11.9. The number of rotatable bonds is 66. The van der Waals surface area contributed by atoms with Gasteiger partial charge in [0.05, 0.1) is 11.8 Å². The van der Waals surface area contributed by atoms with Gasteiger partial charge in [-0.3, -0.25) is 0 Å². The third-order valence-corrected chi connectivity index (χ3v) is 17.2. The lowest BCUT2D eigenvalue weighted by molar-refractivity contribution is -0.264. The lowest BCUT2D eigenvalue weighted by Crippen LogP contribution is -2.61. The summed E-state index contributed by atoms with van der Waals surface area (Å²) in [5.74, 6) is 0. The molecule has 0 aromatic carbocycles. The van der Waals surface area contributed by atoms with E-state index in [2.05, 4.69) is 37.8 Å². The molecule has 0 amide bonds. The molecule has 1 aliphatic heterocycles. The fourth-order valence-corrected chi connectivity index (χ4v) is 12.0. The van der Waals surface area contributed by atoms with Crippen LogP contribution in [0.4, 0.5) is 0 Å². The Morgan fingerprint density at radius 3 is 0.756 bits per heavy atom. The third kappa shape index (κ3) is 50.1. The zero-order valence-electron chi connectivity index (χ0n) is 53.4. The minimum absolute atomic E-state index is 0.284. The molecule has 78 heavy (non-hydrogen) atoms. The molecule has 1 unspecified atom stereocenters. The molecule has 1 heterocycles. The Kier molecular flexibility index (Phi) is 62.2. The highest BCUT2D eigenvalue weighted by molar-refractivity contribution is 7.78. The minimum Gasteiger partial charge on any atom is -0.379 e. The van der Waals surface area contributed by atoms with Crippen molar-refractivity contribution in [3.8, 4) is 0 Å². The monoisotopic (exact) mass is 1120 g/mol. The quantitative estimate of drug-likeness (QED) is 0.0344. The molecule has 0 aromatic rings. The second-order valence-corrected chi connectivity index (χ2v) is 24.9. The summed E-state index contributed by atoms with van der Waals surface area (Å²) in [4.78, 5) is 4.64. The molecule has 7 heteroatoms. The second-order valence-electron chi connectivity index (χ2n) is 24.8. The largest absolute Gasteiger partial charge is 0.379 e. The van der Waals surface area contributed by atoms with E-state index in [0.717, 1.165) is 32.3 Å². The van der Waals surface area contributed by atoms with Gasteiger partial charge in [0.15, 0.2) is 6.23 Å². The molecule has 1 rings (SSSR count). The first-order chi connectivity index (χ1) is 38.7. The van der Waals surface area contributed by atoms with Crippen molar-refractivity contribution >= 4 is 17.4 Å². The molecule has 1 aliphatic rings. The topological polar surface area (TPSA) is 58.5 Å². The molecule has 1 fully saturated rings. The average Bonchev–Trinajstić information content (AvgIpc) is 3.52. The Bertz CT molecular complexity index is 1180. The maximum absolute atomic E-state index is 7.00. The maximum atomic E-state index is 7.00. The number of thiocarbonyl (C=S) groups is 1. The number of hydrogen-bond donors (Lipinski definition) is 0. The number of ether oxygens (including phenoxy) is 5. The summed E-state index contributed by atoms with van der Waals surface area (Å²) in [6.45, 7) is 12.5. The first-order valence-corrected chi connectivity index (χ1v) is 36.3. The highest BCUT2D eigenvalue weighted by Gasteiger charge is 2.48. The molecule has 0 aromatic heterocycles. The number of nitrogens with zero attached hydrogens (tertiary/aromatic N) is 1. The Morgan fingerprint density at radius 2 is 0.500 bits per heavy atom. The number of isothiocyanates is 1. The van der Waals surface area contributed by atoms with Crippen LogP contribution in [0.3, 0.4) is 0 Å². The Hall–Kier alpha value is -0.400. The summed E-state index contributed by atoms with van der Waals surface area (Å²) < 4.78 is 34.1. The van der Waals surface area contributed by atoms with Gasteiger partial charge in [0.2, 0.25) is 0 Å². The normalized spacial score (nSPS) is 17.6. The third-order valence-electron chi connectivity index (χ3n) is 17.1. The summed E-state index contributed by atoms with van der Waals surface area (Å²) in [5, 5.41) is 2.69. The van der Waals surface area contributed by atoms with Crippen LogP contribution in [0.25, 0.3) is 0 Å². The zero-order valence-corrected chi connectivity index (χ0v) is 54.2. The molecule has 0 spiro atoms. The van der Waals surface area contributed by atoms with E-state index in [9.17, 15) is 0 Å². The Balaban J connectivity index is 2.83. The predicted molar refractivity (Wildman–Crippen MR) is 345 cm³/mol. The van der Waals surface area contributed by atoms with Crippen LogP contribution in [0.1, 0.15) is 387 Å². The summed E-state index contributed by atoms with van der Waals surface area (Å²) >= 11 is 5.27. The lowest BCUT2D eigenvalue weighted by Gasteiger charge is -2.44. The van der Waals surface area contributed by atoms with Crippen molar-refractivity contribution in [3.63, 3.8) is 0 Å². The first kappa shape index (κ1) is 75.6. The van der Waals surface area contributed by atoms with E-state index in [4.69, 9.17) is 35.9 Å². The van der Waals surface area contributed by atoms with Crippen LogP contribution in [-0.2, 0) is 23.7 Å². The van der Waals surface area contributed by atoms with Gasteiger partial charge in [-0.15, -0.1) is 0 Å². The fraction of sp³-hybridized carbons (Fsp3) is 0.986. The van der Waals surface area contributed by atoms with Gasteiger partial charge in [-0.05, 0) is 37.9 Å². The van der Waals surface area contributed by atoms with Crippen LogP contribution >= 0.6 is 12.2 Å². The molecule has 1 saturated heterocycles.